The first-order chi connectivity index (χ1) is 17.2. The summed E-state index contributed by atoms with van der Waals surface area (Å²) in [6.45, 7) is 1.55. The van der Waals surface area contributed by atoms with Crippen molar-refractivity contribution in [1.82, 2.24) is 20.0 Å². The molecule has 0 aliphatic carbocycles. The number of hydrogen-bond donors (Lipinski definition) is 2. The first-order valence-corrected chi connectivity index (χ1v) is 12.5. The van der Waals surface area contributed by atoms with Crippen LogP contribution in [0.3, 0.4) is 0 Å². The van der Waals surface area contributed by atoms with Crippen LogP contribution >= 0.6 is 46.4 Å². The molecule has 3 aromatic rings. The van der Waals surface area contributed by atoms with Gasteiger partial charge in [0.25, 0.3) is 17.7 Å². The van der Waals surface area contributed by atoms with Gasteiger partial charge in [-0.05, 0) is 50.2 Å². The van der Waals surface area contributed by atoms with Crippen LogP contribution in [-0.4, -0.2) is 58.6 Å². The molecule has 1 aliphatic rings. The second kappa shape index (κ2) is 11.2. The number of halogens is 4. The molecule has 1 aromatic heterocycles. The maximum Gasteiger partial charge on any atom is 0.281 e. The molecule has 188 valence electrons. The lowest BCUT2D eigenvalue weighted by Crippen LogP contribution is -2.44. The number of rotatable bonds is 5. The van der Waals surface area contributed by atoms with Crippen LogP contribution in [0.1, 0.15) is 44.0 Å². The molecule has 4 rings (SSSR count). The molecule has 12 heteroatoms. The summed E-state index contributed by atoms with van der Waals surface area (Å²) >= 11 is 24.8. The Kier molecular flexibility index (Phi) is 8.22. The highest BCUT2D eigenvalue weighted by Crippen LogP contribution is 2.29. The largest absolute Gasteiger partial charge is 0.337 e. The Bertz CT molecular complexity index is 1300. The molecule has 36 heavy (non-hydrogen) atoms. The zero-order chi connectivity index (χ0) is 26.0. The molecule has 0 atom stereocenters. The predicted octanol–water partition coefficient (Wildman–Crippen LogP) is 5.26. The fraction of sp³-hybridized carbons (Fsp3) is 0.250. The fourth-order valence-electron chi connectivity index (χ4n) is 3.97. The van der Waals surface area contributed by atoms with Crippen LogP contribution in [0.4, 0.5) is 5.69 Å². The van der Waals surface area contributed by atoms with Gasteiger partial charge in [-0.25, -0.2) is 4.68 Å². The average molecular weight is 569 g/mol. The highest BCUT2D eigenvalue weighted by molar-refractivity contribution is 6.41. The summed E-state index contributed by atoms with van der Waals surface area (Å²) in [4.78, 5) is 41.4. The van der Waals surface area contributed by atoms with Crippen molar-refractivity contribution in [3.8, 4) is 0 Å². The Morgan fingerprint density at radius 3 is 2.03 bits per heavy atom. The lowest BCUT2D eigenvalue weighted by atomic mass is 10.0. The van der Waals surface area contributed by atoms with Crippen LogP contribution in [0.2, 0.25) is 20.1 Å². The Morgan fingerprint density at radius 1 is 0.944 bits per heavy atom. The highest BCUT2D eigenvalue weighted by Gasteiger charge is 2.30. The molecule has 2 N–H and O–H groups in total. The average Bonchev–Trinajstić information content (AvgIpc) is 3.27. The Hall–Kier alpha value is -2.62. The van der Waals surface area contributed by atoms with Crippen molar-refractivity contribution in [2.75, 3.05) is 25.5 Å². The van der Waals surface area contributed by atoms with Gasteiger partial charge in [-0.3, -0.25) is 14.4 Å². The van der Waals surface area contributed by atoms with Crippen molar-refractivity contribution in [2.45, 2.75) is 18.9 Å². The SMILES string of the molecule is CN(C(=O)c1nn(C(=O)c2c(Cl)cccc2Cl)cc1NC(=O)c1c(Cl)cccc1Cl)C1CCNCC1. The van der Waals surface area contributed by atoms with Gasteiger partial charge in [0.15, 0.2) is 5.69 Å². The summed E-state index contributed by atoms with van der Waals surface area (Å²) in [6.07, 6.45) is 2.76. The van der Waals surface area contributed by atoms with Crippen molar-refractivity contribution >= 4 is 69.8 Å². The number of aromatic nitrogens is 2. The second-order valence-electron chi connectivity index (χ2n) is 8.19. The normalized spacial score (nSPS) is 13.9. The van der Waals surface area contributed by atoms with Crippen LogP contribution in [0.15, 0.2) is 42.6 Å². The van der Waals surface area contributed by atoms with Gasteiger partial charge < -0.3 is 15.5 Å². The lowest BCUT2D eigenvalue weighted by Gasteiger charge is -2.31. The van der Waals surface area contributed by atoms with E-state index in [0.29, 0.717) is 0 Å². The third-order valence-electron chi connectivity index (χ3n) is 5.92. The highest BCUT2D eigenvalue weighted by atomic mass is 35.5. The van der Waals surface area contributed by atoms with Gasteiger partial charge in [0.1, 0.15) is 0 Å². The molecular formula is C24H21Cl4N5O3. The monoisotopic (exact) mass is 567 g/mol. The lowest BCUT2D eigenvalue weighted by molar-refractivity contribution is 0.0697. The summed E-state index contributed by atoms with van der Waals surface area (Å²) in [5.41, 5.74) is -0.0670. The molecule has 0 unspecified atom stereocenters. The number of benzene rings is 2. The molecular weight excluding hydrogens is 548 g/mol. The van der Waals surface area contributed by atoms with E-state index in [1.54, 1.807) is 24.1 Å². The zero-order valence-corrected chi connectivity index (χ0v) is 22.0. The van der Waals surface area contributed by atoms with Crippen LogP contribution < -0.4 is 10.6 Å². The summed E-state index contributed by atoms with van der Waals surface area (Å²) in [5, 5.41) is 10.6. The smallest absolute Gasteiger partial charge is 0.281 e. The van der Waals surface area contributed by atoms with Crippen molar-refractivity contribution in [3.63, 3.8) is 0 Å². The Morgan fingerprint density at radius 2 is 1.47 bits per heavy atom. The third-order valence-corrected chi connectivity index (χ3v) is 7.18. The van der Waals surface area contributed by atoms with Crippen molar-refractivity contribution in [1.29, 1.82) is 0 Å². The molecule has 0 bridgehead atoms. The molecule has 0 spiro atoms. The number of anilines is 1. The summed E-state index contributed by atoms with van der Waals surface area (Å²) in [5.74, 6) is -1.79. The third kappa shape index (κ3) is 5.38. The van der Waals surface area contributed by atoms with Crippen LogP contribution in [-0.2, 0) is 0 Å². The summed E-state index contributed by atoms with van der Waals surface area (Å²) in [7, 11) is 1.67. The standard InChI is InChI=1S/C24H21Cl4N5O3/c1-32(13-8-10-29-11-9-13)24(36)21-18(30-22(34)19-14(25)4-2-5-15(19)26)12-33(31-21)23(35)20-16(27)6-3-7-17(20)28/h2-7,12-13,29H,8-11H2,1H3,(H,30,34). The van der Waals surface area contributed by atoms with Gasteiger partial charge >= 0.3 is 0 Å². The predicted molar refractivity (Wildman–Crippen MR) is 141 cm³/mol. The molecule has 1 aliphatic heterocycles. The number of hydrogen-bond acceptors (Lipinski definition) is 5. The van der Waals surface area contributed by atoms with E-state index in [1.165, 1.54) is 30.5 Å². The fourth-order valence-corrected chi connectivity index (χ4v) is 5.10. The van der Waals surface area contributed by atoms with Crippen molar-refractivity contribution in [3.05, 3.63) is 79.5 Å². The Balaban J connectivity index is 1.74. The second-order valence-corrected chi connectivity index (χ2v) is 9.81. The first kappa shape index (κ1) is 26.4. The molecule has 1 saturated heterocycles. The maximum absolute atomic E-state index is 13.5. The molecule has 2 aromatic carbocycles. The number of carbonyl (C=O) groups excluding carboxylic acids is 3. The van der Waals surface area contributed by atoms with Crippen LogP contribution in [0.25, 0.3) is 0 Å². The maximum atomic E-state index is 13.5. The quantitative estimate of drug-likeness (QED) is 0.437. The van der Waals surface area contributed by atoms with E-state index in [0.717, 1.165) is 30.6 Å². The number of carbonyl (C=O) groups is 3. The van der Waals surface area contributed by atoms with Gasteiger partial charge in [-0.15, -0.1) is 0 Å². The van der Waals surface area contributed by atoms with Gasteiger partial charge in [0.2, 0.25) is 0 Å². The van der Waals surface area contributed by atoms with Gasteiger partial charge in [0.05, 0.1) is 43.1 Å². The minimum atomic E-state index is -0.666. The van der Waals surface area contributed by atoms with E-state index < -0.39 is 17.7 Å². The van der Waals surface area contributed by atoms with Gasteiger partial charge in [-0.1, -0.05) is 58.5 Å². The topological polar surface area (TPSA) is 96.3 Å². The van der Waals surface area contributed by atoms with E-state index in [-0.39, 0.29) is 48.6 Å². The number of piperidine rings is 1. The minimum Gasteiger partial charge on any atom is -0.337 e. The van der Waals surface area contributed by atoms with E-state index in [1.807, 2.05) is 0 Å². The molecule has 1 fully saturated rings. The number of nitrogens with zero attached hydrogens (tertiary/aromatic N) is 3. The van der Waals surface area contributed by atoms with E-state index >= 15 is 0 Å². The molecule has 8 nitrogen and oxygen atoms in total. The van der Waals surface area contributed by atoms with Crippen LogP contribution in [0, 0.1) is 0 Å². The molecule has 0 radical (unpaired) electrons. The van der Waals surface area contributed by atoms with Crippen molar-refractivity contribution in [2.24, 2.45) is 0 Å². The number of amides is 2. The van der Waals surface area contributed by atoms with Crippen molar-refractivity contribution < 1.29 is 14.4 Å². The van der Waals surface area contributed by atoms with E-state index in [4.69, 9.17) is 46.4 Å². The minimum absolute atomic E-state index is 0.0123. The molecule has 2 amide bonds. The number of nitrogens with one attached hydrogen (secondary N) is 2. The summed E-state index contributed by atoms with van der Waals surface area (Å²) < 4.78 is 0.931. The molecule has 0 saturated carbocycles. The first-order valence-electron chi connectivity index (χ1n) is 11.0. The molecule has 2 heterocycles. The van der Waals surface area contributed by atoms with E-state index in [9.17, 15) is 14.4 Å². The zero-order valence-electron chi connectivity index (χ0n) is 19.0. The Labute approximate surface area is 227 Å². The van der Waals surface area contributed by atoms with Crippen LogP contribution in [0.5, 0.6) is 0 Å². The summed E-state index contributed by atoms with van der Waals surface area (Å²) in [6, 6.07) is 9.25. The van der Waals surface area contributed by atoms with E-state index in [2.05, 4.69) is 15.7 Å². The van der Waals surface area contributed by atoms with Gasteiger partial charge in [-0.2, -0.15) is 5.10 Å². The van der Waals surface area contributed by atoms with Gasteiger partial charge in [0, 0.05) is 13.1 Å².